The minimum atomic E-state index is 0.0165. The molecule has 0 bridgehead atoms. The molecule has 0 spiro atoms. The van der Waals surface area contributed by atoms with Crippen molar-refractivity contribution in [3.05, 3.63) is 24.0 Å². The number of aromatic nitrogens is 1. The van der Waals surface area contributed by atoms with E-state index in [-0.39, 0.29) is 5.75 Å². The third kappa shape index (κ3) is 1.46. The summed E-state index contributed by atoms with van der Waals surface area (Å²) in [5.41, 5.74) is 0.854. The normalized spacial score (nSPS) is 11.5. The average molecular weight is 152 g/mol. The van der Waals surface area contributed by atoms with Crippen molar-refractivity contribution in [3.63, 3.8) is 0 Å². The maximum Gasteiger partial charge on any atom is 0.143 e. The lowest BCUT2D eigenvalue weighted by atomic mass is 10.2. The van der Waals surface area contributed by atoms with E-state index < -0.39 is 0 Å². The van der Waals surface area contributed by atoms with Crippen molar-refractivity contribution in [1.82, 2.24) is 4.98 Å². The van der Waals surface area contributed by atoms with Crippen LogP contribution < -0.4 is 0 Å². The Morgan fingerprint density at radius 3 is 2.91 bits per heavy atom. The minimum Gasteiger partial charge on any atom is -0.506 e. The highest BCUT2D eigenvalue weighted by molar-refractivity contribution is 6.00. The molecule has 1 heterocycles. The molecule has 0 unspecified atom stereocenters. The van der Waals surface area contributed by atoms with Crippen molar-refractivity contribution in [2.45, 2.75) is 6.92 Å². The molecule has 4 heteroatoms. The van der Waals surface area contributed by atoms with Crippen molar-refractivity contribution in [2.24, 2.45) is 5.16 Å². The van der Waals surface area contributed by atoms with Crippen LogP contribution in [-0.2, 0) is 0 Å². The molecule has 1 aromatic rings. The lowest BCUT2D eigenvalue weighted by Crippen LogP contribution is -1.94. The van der Waals surface area contributed by atoms with Crippen molar-refractivity contribution in [3.8, 4) is 5.75 Å². The van der Waals surface area contributed by atoms with Crippen molar-refractivity contribution in [2.75, 3.05) is 0 Å². The van der Waals surface area contributed by atoms with Gasteiger partial charge in [0, 0.05) is 11.8 Å². The molecule has 58 valence electrons. The van der Waals surface area contributed by atoms with Crippen LogP contribution in [0.1, 0.15) is 12.5 Å². The first-order valence-electron chi connectivity index (χ1n) is 3.07. The first kappa shape index (κ1) is 7.53. The quantitative estimate of drug-likeness (QED) is 0.358. The third-order valence-electron chi connectivity index (χ3n) is 1.34. The molecule has 0 amide bonds. The van der Waals surface area contributed by atoms with E-state index >= 15 is 0 Å². The van der Waals surface area contributed by atoms with Gasteiger partial charge >= 0.3 is 0 Å². The van der Waals surface area contributed by atoms with E-state index in [0.717, 1.165) is 0 Å². The second-order valence-electron chi connectivity index (χ2n) is 2.08. The molecule has 0 saturated carbocycles. The molecule has 0 aliphatic heterocycles. The molecular weight excluding hydrogens is 144 g/mol. The molecule has 1 rings (SSSR count). The van der Waals surface area contributed by atoms with Crippen molar-refractivity contribution < 1.29 is 10.3 Å². The maximum atomic E-state index is 9.16. The van der Waals surface area contributed by atoms with Gasteiger partial charge in [-0.3, -0.25) is 4.98 Å². The van der Waals surface area contributed by atoms with Gasteiger partial charge in [0.2, 0.25) is 0 Å². The lowest BCUT2D eigenvalue weighted by Gasteiger charge is -1.99. The van der Waals surface area contributed by atoms with Crippen LogP contribution in [0.4, 0.5) is 0 Å². The van der Waals surface area contributed by atoms with Gasteiger partial charge in [0.25, 0.3) is 0 Å². The summed E-state index contributed by atoms with van der Waals surface area (Å²) in [5.74, 6) is 0.0165. The van der Waals surface area contributed by atoms with E-state index in [9.17, 15) is 0 Å². The molecule has 0 radical (unpaired) electrons. The standard InChI is InChI=1S/C7H8N2O2/c1-5(9-11)6-2-3-8-4-7(6)10/h2-4,10-11H,1H3. The molecule has 0 aromatic carbocycles. The highest BCUT2D eigenvalue weighted by atomic mass is 16.4. The van der Waals surface area contributed by atoms with Crippen LogP contribution in [-0.4, -0.2) is 21.0 Å². The predicted octanol–water partition coefficient (Wildman–Crippen LogP) is 0.985. The van der Waals surface area contributed by atoms with Gasteiger partial charge in [-0.15, -0.1) is 0 Å². The van der Waals surface area contributed by atoms with Gasteiger partial charge in [-0.2, -0.15) is 0 Å². The molecule has 4 nitrogen and oxygen atoms in total. The van der Waals surface area contributed by atoms with Crippen LogP contribution in [0.25, 0.3) is 0 Å². The second kappa shape index (κ2) is 3.01. The number of nitrogens with zero attached hydrogens (tertiary/aromatic N) is 2. The summed E-state index contributed by atoms with van der Waals surface area (Å²) >= 11 is 0. The summed E-state index contributed by atoms with van der Waals surface area (Å²) in [5, 5.41) is 20.5. The molecule has 0 fully saturated rings. The summed E-state index contributed by atoms with van der Waals surface area (Å²) in [6.07, 6.45) is 2.81. The molecular formula is C7H8N2O2. The minimum absolute atomic E-state index is 0.0165. The van der Waals surface area contributed by atoms with Gasteiger partial charge in [0.05, 0.1) is 11.9 Å². The SMILES string of the molecule is CC(=NO)c1ccncc1O. The topological polar surface area (TPSA) is 65.7 Å². The second-order valence-corrected chi connectivity index (χ2v) is 2.08. The van der Waals surface area contributed by atoms with Gasteiger partial charge in [-0.05, 0) is 13.0 Å². The van der Waals surface area contributed by atoms with Crippen molar-refractivity contribution in [1.29, 1.82) is 0 Å². The van der Waals surface area contributed by atoms with E-state index in [4.69, 9.17) is 10.3 Å². The highest BCUT2D eigenvalue weighted by Crippen LogP contribution is 2.14. The number of aromatic hydroxyl groups is 1. The molecule has 0 aliphatic carbocycles. The molecule has 0 saturated heterocycles. The Kier molecular flexibility index (Phi) is 2.06. The zero-order valence-corrected chi connectivity index (χ0v) is 6.02. The molecule has 11 heavy (non-hydrogen) atoms. The Bertz CT molecular complexity index is 284. The first-order valence-corrected chi connectivity index (χ1v) is 3.07. The number of pyridine rings is 1. The van der Waals surface area contributed by atoms with Crippen LogP contribution in [0.3, 0.4) is 0 Å². The van der Waals surface area contributed by atoms with E-state index in [1.54, 1.807) is 13.0 Å². The van der Waals surface area contributed by atoms with Gasteiger partial charge in [0.1, 0.15) is 5.75 Å². The lowest BCUT2D eigenvalue weighted by molar-refractivity contribution is 0.318. The molecule has 1 aromatic heterocycles. The van der Waals surface area contributed by atoms with E-state index in [1.807, 2.05) is 0 Å². The molecule has 0 atom stereocenters. The van der Waals surface area contributed by atoms with E-state index in [2.05, 4.69) is 10.1 Å². The number of hydrogen-bond donors (Lipinski definition) is 2. The highest BCUT2D eigenvalue weighted by Gasteiger charge is 2.02. The van der Waals surface area contributed by atoms with Crippen LogP contribution in [0.15, 0.2) is 23.6 Å². The average Bonchev–Trinajstić information content (AvgIpc) is 2.04. The Hall–Kier alpha value is -1.58. The van der Waals surface area contributed by atoms with Gasteiger partial charge in [-0.1, -0.05) is 5.16 Å². The maximum absolute atomic E-state index is 9.16. The number of oxime groups is 1. The Labute approximate surface area is 63.8 Å². The van der Waals surface area contributed by atoms with Gasteiger partial charge in [-0.25, -0.2) is 0 Å². The Morgan fingerprint density at radius 1 is 1.64 bits per heavy atom. The Morgan fingerprint density at radius 2 is 2.36 bits per heavy atom. The monoisotopic (exact) mass is 152 g/mol. The zero-order chi connectivity index (χ0) is 8.27. The fourth-order valence-corrected chi connectivity index (χ4v) is 0.746. The molecule has 0 aliphatic rings. The fraction of sp³-hybridized carbons (Fsp3) is 0.143. The van der Waals surface area contributed by atoms with Crippen LogP contribution in [0.5, 0.6) is 5.75 Å². The van der Waals surface area contributed by atoms with Crippen LogP contribution >= 0.6 is 0 Å². The number of rotatable bonds is 1. The summed E-state index contributed by atoms with van der Waals surface area (Å²) in [7, 11) is 0. The van der Waals surface area contributed by atoms with E-state index in [0.29, 0.717) is 11.3 Å². The number of hydrogen-bond acceptors (Lipinski definition) is 4. The summed E-state index contributed by atoms with van der Waals surface area (Å²) in [4.78, 5) is 3.67. The Balaban J connectivity index is 3.14. The third-order valence-corrected chi connectivity index (χ3v) is 1.34. The van der Waals surface area contributed by atoms with Gasteiger partial charge in [0.15, 0.2) is 0 Å². The summed E-state index contributed by atoms with van der Waals surface area (Å²) in [6.45, 7) is 1.59. The summed E-state index contributed by atoms with van der Waals surface area (Å²) in [6, 6.07) is 1.57. The largest absolute Gasteiger partial charge is 0.506 e. The fourth-order valence-electron chi connectivity index (χ4n) is 0.746. The van der Waals surface area contributed by atoms with Gasteiger partial charge < -0.3 is 10.3 Å². The van der Waals surface area contributed by atoms with Crippen molar-refractivity contribution >= 4 is 5.71 Å². The smallest absolute Gasteiger partial charge is 0.143 e. The zero-order valence-electron chi connectivity index (χ0n) is 6.02. The molecule has 2 N–H and O–H groups in total. The summed E-state index contributed by atoms with van der Waals surface area (Å²) < 4.78 is 0. The first-order chi connectivity index (χ1) is 5.25. The van der Waals surface area contributed by atoms with Crippen LogP contribution in [0.2, 0.25) is 0 Å². The predicted molar refractivity (Wildman–Crippen MR) is 39.9 cm³/mol. The van der Waals surface area contributed by atoms with E-state index in [1.165, 1.54) is 12.4 Å². The van der Waals surface area contributed by atoms with Crippen LogP contribution in [0, 0.1) is 0 Å².